The third kappa shape index (κ3) is 7.00. The number of benzene rings is 3. The number of aliphatic carboxylic acids is 1. The zero-order chi connectivity index (χ0) is 27.1. The number of carbonyl (C=O) groups excluding carboxylic acids is 3. The molecule has 0 unspecified atom stereocenters. The summed E-state index contributed by atoms with van der Waals surface area (Å²) in [5.41, 5.74) is -0.161. The lowest BCUT2D eigenvalue weighted by atomic mass is 10.1. The second-order valence-electron chi connectivity index (χ2n) is 7.28. The molecule has 0 spiro atoms. The van der Waals surface area contributed by atoms with Crippen LogP contribution in [0.15, 0.2) is 71.2 Å². The summed E-state index contributed by atoms with van der Waals surface area (Å²) in [6, 6.07) is 16.2. The van der Waals surface area contributed by atoms with E-state index in [4.69, 9.17) is 37.4 Å². The molecule has 0 aliphatic carbocycles. The quantitative estimate of drug-likeness (QED) is 0.315. The van der Waals surface area contributed by atoms with Crippen molar-refractivity contribution in [3.63, 3.8) is 0 Å². The third-order valence-corrected chi connectivity index (χ3v) is 6.00. The Morgan fingerprint density at radius 1 is 0.838 bits per heavy atom. The summed E-state index contributed by atoms with van der Waals surface area (Å²) in [4.78, 5) is 51.1. The van der Waals surface area contributed by atoms with Gasteiger partial charge in [0.1, 0.15) is 5.75 Å². The molecule has 1 amide bonds. The highest BCUT2D eigenvalue weighted by atomic mass is 79.9. The summed E-state index contributed by atoms with van der Waals surface area (Å²) >= 11 is 15.3. The number of anilines is 1. The fourth-order valence-corrected chi connectivity index (χ4v) is 3.87. The maximum absolute atomic E-state index is 13.3. The molecule has 0 saturated carbocycles. The lowest BCUT2D eigenvalue weighted by Crippen LogP contribution is -2.48. The van der Waals surface area contributed by atoms with E-state index < -0.39 is 36.0 Å². The Kier molecular flexibility index (Phi) is 9.51. The van der Waals surface area contributed by atoms with E-state index in [1.165, 1.54) is 55.6 Å². The van der Waals surface area contributed by atoms with Crippen molar-refractivity contribution in [2.24, 2.45) is 0 Å². The molecule has 9 nitrogen and oxygen atoms in total. The molecular formula is C25H18BrCl2NO8. The number of halogens is 3. The van der Waals surface area contributed by atoms with Gasteiger partial charge in [-0.05, 0) is 42.5 Å². The highest BCUT2D eigenvalue weighted by Gasteiger charge is 2.41. The zero-order valence-electron chi connectivity index (χ0n) is 18.9. The van der Waals surface area contributed by atoms with Gasteiger partial charge in [0.15, 0.2) is 0 Å². The van der Waals surface area contributed by atoms with Crippen molar-refractivity contribution in [2.45, 2.75) is 12.2 Å². The van der Waals surface area contributed by atoms with Crippen molar-refractivity contribution >= 4 is 68.6 Å². The monoisotopic (exact) mass is 609 g/mol. The molecule has 2 N–H and O–H groups in total. The van der Waals surface area contributed by atoms with Crippen LogP contribution in [0.3, 0.4) is 0 Å². The normalized spacial score (nSPS) is 12.1. The van der Waals surface area contributed by atoms with Crippen LogP contribution in [0.1, 0.15) is 20.7 Å². The van der Waals surface area contributed by atoms with Crippen LogP contribution < -0.4 is 10.1 Å². The minimum Gasteiger partial charge on any atom is -0.495 e. The Bertz CT molecular complexity index is 1350. The van der Waals surface area contributed by atoms with Gasteiger partial charge in [-0.3, -0.25) is 4.79 Å². The summed E-state index contributed by atoms with van der Waals surface area (Å²) in [5.74, 6) is -4.91. The number of amides is 1. The van der Waals surface area contributed by atoms with Gasteiger partial charge >= 0.3 is 17.9 Å². The molecule has 0 fully saturated rings. The Balaban J connectivity index is 1.99. The number of methoxy groups -OCH3 is 1. The minimum absolute atomic E-state index is 0.000236. The zero-order valence-corrected chi connectivity index (χ0v) is 22.0. The number of carbonyl (C=O) groups is 4. The Labute approximate surface area is 229 Å². The van der Waals surface area contributed by atoms with Crippen LogP contribution in [0.5, 0.6) is 5.75 Å². The first-order valence-electron chi connectivity index (χ1n) is 10.4. The Morgan fingerprint density at radius 2 is 1.35 bits per heavy atom. The highest BCUT2D eigenvalue weighted by Crippen LogP contribution is 2.29. The van der Waals surface area contributed by atoms with E-state index in [-0.39, 0.29) is 32.6 Å². The molecule has 192 valence electrons. The van der Waals surface area contributed by atoms with Crippen LogP contribution >= 0.6 is 39.1 Å². The van der Waals surface area contributed by atoms with Crippen LogP contribution in [0, 0.1) is 0 Å². The summed E-state index contributed by atoms with van der Waals surface area (Å²) < 4.78 is 16.2. The number of hydrogen-bond donors (Lipinski definition) is 2. The maximum Gasteiger partial charge on any atom is 0.349 e. The van der Waals surface area contributed by atoms with Crippen LogP contribution in [-0.2, 0) is 19.1 Å². The molecule has 0 saturated heterocycles. The summed E-state index contributed by atoms with van der Waals surface area (Å²) in [5, 5.41) is 12.3. The maximum atomic E-state index is 13.3. The molecule has 3 aromatic rings. The Hall–Kier alpha value is -3.60. The number of ether oxygens (including phenoxy) is 3. The first-order chi connectivity index (χ1) is 17.6. The molecule has 0 aromatic heterocycles. The summed E-state index contributed by atoms with van der Waals surface area (Å²) in [7, 11) is 1.36. The predicted octanol–water partition coefficient (Wildman–Crippen LogP) is 5.24. The standard InChI is InChI=1S/C25H18BrCl2NO8/c1-35-19-11-10-13(26)12-18(19)29-22(30)20(36-24(33)14-6-2-4-8-16(14)27)21(23(31)32)37-25(34)15-7-3-5-9-17(15)28/h2-12,20-21H,1H3,(H,29,30)(H,31,32)/t20-,21+/m0/s1. The van der Waals surface area contributed by atoms with E-state index >= 15 is 0 Å². The highest BCUT2D eigenvalue weighted by molar-refractivity contribution is 9.10. The predicted molar refractivity (Wildman–Crippen MR) is 138 cm³/mol. The molecule has 3 aromatic carbocycles. The molecule has 12 heteroatoms. The van der Waals surface area contributed by atoms with Crippen molar-refractivity contribution in [2.75, 3.05) is 12.4 Å². The van der Waals surface area contributed by atoms with E-state index in [0.717, 1.165) is 0 Å². The van der Waals surface area contributed by atoms with Gasteiger partial charge in [-0.2, -0.15) is 0 Å². The summed E-state index contributed by atoms with van der Waals surface area (Å²) in [6.45, 7) is 0. The van der Waals surface area contributed by atoms with Crippen molar-refractivity contribution in [3.8, 4) is 5.75 Å². The van der Waals surface area contributed by atoms with E-state index in [2.05, 4.69) is 21.2 Å². The van der Waals surface area contributed by atoms with Gasteiger partial charge in [-0.15, -0.1) is 0 Å². The van der Waals surface area contributed by atoms with Crippen molar-refractivity contribution < 1.29 is 38.5 Å². The van der Waals surface area contributed by atoms with Crippen LogP contribution in [0.2, 0.25) is 10.0 Å². The molecule has 2 atom stereocenters. The number of esters is 2. The molecule has 0 radical (unpaired) electrons. The van der Waals surface area contributed by atoms with E-state index in [0.29, 0.717) is 4.47 Å². The molecule has 0 bridgehead atoms. The topological polar surface area (TPSA) is 128 Å². The number of rotatable bonds is 9. The number of nitrogens with one attached hydrogen (secondary N) is 1. The van der Waals surface area contributed by atoms with Gasteiger partial charge in [0.2, 0.25) is 12.2 Å². The number of carboxylic acid groups (broad SMARTS) is 1. The van der Waals surface area contributed by atoms with Gasteiger partial charge in [-0.25, -0.2) is 14.4 Å². The molecular weight excluding hydrogens is 593 g/mol. The van der Waals surface area contributed by atoms with Crippen molar-refractivity contribution in [3.05, 3.63) is 92.4 Å². The van der Waals surface area contributed by atoms with Crippen LogP contribution in [0.4, 0.5) is 5.69 Å². The van der Waals surface area contributed by atoms with Gasteiger partial charge in [0.05, 0.1) is 34.0 Å². The second-order valence-corrected chi connectivity index (χ2v) is 9.01. The van der Waals surface area contributed by atoms with E-state index in [1.807, 2.05) is 0 Å². The molecule has 0 aliphatic heterocycles. The average Bonchev–Trinajstić information content (AvgIpc) is 2.86. The number of hydrogen-bond acceptors (Lipinski definition) is 7. The fourth-order valence-electron chi connectivity index (χ4n) is 3.09. The van der Waals surface area contributed by atoms with Crippen LogP contribution in [-0.4, -0.2) is 48.2 Å². The van der Waals surface area contributed by atoms with E-state index in [1.54, 1.807) is 18.2 Å². The molecule has 37 heavy (non-hydrogen) atoms. The van der Waals surface area contributed by atoms with Crippen molar-refractivity contribution in [1.29, 1.82) is 0 Å². The lowest BCUT2D eigenvalue weighted by Gasteiger charge is -2.24. The van der Waals surface area contributed by atoms with Gasteiger partial charge in [0, 0.05) is 4.47 Å². The first-order valence-corrected chi connectivity index (χ1v) is 12.0. The lowest BCUT2D eigenvalue weighted by molar-refractivity contribution is -0.157. The molecule has 3 rings (SSSR count). The summed E-state index contributed by atoms with van der Waals surface area (Å²) in [6.07, 6.45) is -4.40. The third-order valence-electron chi connectivity index (χ3n) is 4.85. The Morgan fingerprint density at radius 3 is 1.84 bits per heavy atom. The van der Waals surface area contributed by atoms with Gasteiger partial charge in [-0.1, -0.05) is 63.4 Å². The first kappa shape index (κ1) is 28.0. The van der Waals surface area contributed by atoms with Crippen molar-refractivity contribution in [1.82, 2.24) is 0 Å². The average molecular weight is 611 g/mol. The smallest absolute Gasteiger partial charge is 0.349 e. The second kappa shape index (κ2) is 12.6. The molecule has 0 aliphatic rings. The van der Waals surface area contributed by atoms with Gasteiger partial charge in [0.25, 0.3) is 5.91 Å². The largest absolute Gasteiger partial charge is 0.495 e. The number of carboxylic acids is 1. The minimum atomic E-state index is -2.26. The molecule has 0 heterocycles. The van der Waals surface area contributed by atoms with Gasteiger partial charge < -0.3 is 24.6 Å². The van der Waals surface area contributed by atoms with E-state index in [9.17, 15) is 24.3 Å². The SMILES string of the molecule is COc1ccc(Br)cc1NC(=O)[C@@H](OC(=O)c1ccccc1Cl)[C@@H](OC(=O)c1ccccc1Cl)C(=O)O. The fraction of sp³-hybridized carbons (Fsp3) is 0.120. The van der Waals surface area contributed by atoms with Crippen LogP contribution in [0.25, 0.3) is 0 Å².